The topological polar surface area (TPSA) is 246 Å². The largest absolute Gasteiger partial charge is 0.505 e. The first-order valence-electron chi connectivity index (χ1n) is 25.3. The summed E-state index contributed by atoms with van der Waals surface area (Å²) < 4.78 is 5.95. The number of cyclic esters (lactones) is 1. The molecule has 74 heavy (non-hydrogen) atoms. The molecule has 0 spiro atoms. The third kappa shape index (κ3) is 12.9. The summed E-state index contributed by atoms with van der Waals surface area (Å²) in [5.74, 6) is -6.58. The second-order valence-corrected chi connectivity index (χ2v) is 19.6. The molecule has 3 aromatic rings. The van der Waals surface area contributed by atoms with Gasteiger partial charge in [0.05, 0.1) is 6.54 Å². The molecule has 21 heteroatoms. The number of rotatable bonds is 11. The predicted molar refractivity (Wildman–Crippen MR) is 273 cm³/mol. The lowest BCUT2D eigenvalue weighted by Gasteiger charge is -2.40. The van der Waals surface area contributed by atoms with E-state index >= 15 is 9.59 Å². The van der Waals surface area contributed by atoms with Gasteiger partial charge in [0.2, 0.25) is 29.5 Å². The van der Waals surface area contributed by atoms with Gasteiger partial charge >= 0.3 is 5.97 Å². The number of hydrogen-bond acceptors (Lipinski definition) is 15. The minimum Gasteiger partial charge on any atom is -0.505 e. The average Bonchev–Trinajstić information content (AvgIpc) is 3.89. The van der Waals surface area contributed by atoms with E-state index in [2.05, 4.69) is 43.1 Å². The highest BCUT2D eigenvalue weighted by molar-refractivity contribution is 6.05. The van der Waals surface area contributed by atoms with E-state index in [1.807, 2.05) is 43.3 Å². The number of aromatic nitrogens is 1. The van der Waals surface area contributed by atoms with Crippen LogP contribution in [0.5, 0.6) is 5.75 Å². The van der Waals surface area contributed by atoms with Crippen LogP contribution in [0.15, 0.2) is 84.7 Å². The zero-order chi connectivity index (χ0) is 53.2. The van der Waals surface area contributed by atoms with Crippen molar-refractivity contribution in [2.75, 3.05) is 85.4 Å². The number of nitrogens with one attached hydrogen (secondary N) is 4. The number of amides is 6. The van der Waals surface area contributed by atoms with Crippen molar-refractivity contribution in [3.05, 3.63) is 102 Å². The van der Waals surface area contributed by atoms with Crippen molar-refractivity contribution < 1.29 is 48.2 Å². The van der Waals surface area contributed by atoms with Gasteiger partial charge in [-0.2, -0.15) is 0 Å². The number of Topliss-reactive ketones (excluding diaryl/α,β-unsaturated/α-hetero) is 1. The van der Waals surface area contributed by atoms with E-state index in [1.165, 1.54) is 47.0 Å². The first-order valence-corrected chi connectivity index (χ1v) is 25.3. The monoisotopic (exact) mass is 1020 g/mol. The molecule has 0 saturated carbocycles. The number of aromatic hydroxyl groups is 1. The van der Waals surface area contributed by atoms with Gasteiger partial charge in [-0.3, -0.25) is 38.5 Å². The molecule has 4 aliphatic rings. The molecule has 21 nitrogen and oxygen atoms in total. The van der Waals surface area contributed by atoms with Gasteiger partial charge in [-0.25, -0.2) is 9.78 Å². The molecule has 7 atom stereocenters. The molecule has 7 rings (SSSR count). The standard InChI is InChI=1S/C53H69N11O10/c1-7-38-50(70)63-23-12-15-39(63)51(71)61(6)41(29-34-17-19-37(20-18-34)59(3)4)52(72)64-32-36(31-54-22-24-62-27-25-60(5)26-28-62)43(66)30-40(64)47(67)58-45(35-13-9-8-10-14-35)53(73)74-33(2)44(48(68)56-38)57-49(69)46-42(65)16-11-21-55-46/h8-11,13-14,16-21,31,33,38-41,44-45,54,65H,7,12,15,22-30,32H2,1-6H3,(H,56,68)(H,57,69)(H,58,67)/b36-31-/t33-,38-,39+,40+,41+,44+,45+/m1/s1. The van der Waals surface area contributed by atoms with Crippen LogP contribution in [0.4, 0.5) is 5.69 Å². The maximum atomic E-state index is 15.6. The van der Waals surface area contributed by atoms with E-state index in [9.17, 15) is 33.9 Å². The molecule has 4 aliphatic heterocycles. The number of carbonyl (C=O) groups excluding carboxylic acids is 8. The molecule has 0 radical (unpaired) electrons. The van der Waals surface area contributed by atoms with Crippen LogP contribution < -0.4 is 26.2 Å². The lowest BCUT2D eigenvalue weighted by molar-refractivity contribution is -0.156. The Kier molecular flexibility index (Phi) is 18.0. The Labute approximate surface area is 431 Å². The van der Waals surface area contributed by atoms with E-state index < -0.39 is 107 Å². The number of ketones is 1. The van der Waals surface area contributed by atoms with Crippen LogP contribution in [0, 0.1) is 0 Å². The third-order valence-corrected chi connectivity index (χ3v) is 14.3. The molecule has 5 N–H and O–H groups in total. The highest BCUT2D eigenvalue weighted by Crippen LogP contribution is 2.28. The van der Waals surface area contributed by atoms with Crippen LogP contribution in [-0.2, 0) is 44.7 Å². The lowest BCUT2D eigenvalue weighted by atomic mass is 9.93. The number of anilines is 1. The fourth-order valence-corrected chi connectivity index (χ4v) is 9.75. The summed E-state index contributed by atoms with van der Waals surface area (Å²) >= 11 is 0. The van der Waals surface area contributed by atoms with Crippen molar-refractivity contribution in [3.8, 4) is 5.75 Å². The smallest absolute Gasteiger partial charge is 0.333 e. The minimum atomic E-state index is -1.71. The van der Waals surface area contributed by atoms with Crippen molar-refractivity contribution in [2.45, 2.75) is 88.3 Å². The number of ether oxygens (including phenoxy) is 1. The highest BCUT2D eigenvalue weighted by Gasteiger charge is 2.46. The number of piperazine rings is 1. The molecule has 2 aromatic carbocycles. The van der Waals surface area contributed by atoms with Crippen LogP contribution >= 0.6 is 0 Å². The number of esters is 1. The molecular weight excluding hydrogens is 951 g/mol. The molecule has 0 unspecified atom stereocenters. The first-order chi connectivity index (χ1) is 35.4. The SMILES string of the molecule is CC[C@H]1NC(=O)[C@@H](NC(=O)c2ncccc2O)[C@@H](C)OC(=O)[C@H](c2ccccc2)NC(=O)[C@@H]2CC(=O)/C(=C\NCCN3CCN(C)CC3)CN2C(=O)[C@H](Cc2ccc(N(C)C)cc2)N(C)C(=O)[C@@H]2CCCN2C1=O. The number of likely N-dealkylation sites (N-methyl/N-ethyl adjacent to an activating group) is 2. The first kappa shape index (κ1) is 54.4. The number of benzene rings is 2. The zero-order valence-electron chi connectivity index (χ0n) is 43.0. The maximum Gasteiger partial charge on any atom is 0.333 e. The Morgan fingerprint density at radius 1 is 0.851 bits per heavy atom. The van der Waals surface area contributed by atoms with Crippen molar-refractivity contribution in [2.24, 2.45) is 0 Å². The fourth-order valence-electron chi connectivity index (χ4n) is 9.75. The van der Waals surface area contributed by atoms with Crippen LogP contribution in [0.3, 0.4) is 0 Å². The Morgan fingerprint density at radius 3 is 2.24 bits per heavy atom. The zero-order valence-corrected chi connectivity index (χ0v) is 43.0. The number of fused-ring (bicyclic) bond motifs is 2. The van der Waals surface area contributed by atoms with E-state index in [1.54, 1.807) is 43.5 Å². The number of nitrogens with zero attached hydrogens (tertiary/aromatic N) is 7. The summed E-state index contributed by atoms with van der Waals surface area (Å²) in [6.07, 6.45) is 1.58. The molecule has 4 fully saturated rings. The van der Waals surface area contributed by atoms with Crippen LogP contribution in [-0.4, -0.2) is 199 Å². The van der Waals surface area contributed by atoms with Gasteiger partial charge in [0.15, 0.2) is 17.5 Å². The summed E-state index contributed by atoms with van der Waals surface area (Å²) in [5.41, 5.74) is 1.64. The molecule has 6 amide bonds. The number of piperidine rings is 1. The van der Waals surface area contributed by atoms with Crippen molar-refractivity contribution in [1.82, 2.24) is 50.8 Å². The number of carbonyl (C=O) groups is 8. The van der Waals surface area contributed by atoms with Crippen molar-refractivity contribution in [1.29, 1.82) is 0 Å². The summed E-state index contributed by atoms with van der Waals surface area (Å²) in [4.78, 5) is 131. The van der Waals surface area contributed by atoms with E-state index in [0.29, 0.717) is 25.1 Å². The minimum absolute atomic E-state index is 0.00949. The molecular formula is C53H69N11O10. The molecule has 1 aromatic heterocycles. The summed E-state index contributed by atoms with van der Waals surface area (Å²) in [6, 6.07) is 9.85. The molecule has 396 valence electrons. The summed E-state index contributed by atoms with van der Waals surface area (Å²) in [7, 11) is 7.35. The molecule has 4 saturated heterocycles. The lowest BCUT2D eigenvalue weighted by Crippen LogP contribution is -2.62. The molecule has 0 aliphatic carbocycles. The summed E-state index contributed by atoms with van der Waals surface area (Å²) in [5, 5.41) is 21.7. The fraction of sp³-hybridized carbons (Fsp3) is 0.491. The van der Waals surface area contributed by atoms with Crippen LogP contribution in [0.25, 0.3) is 0 Å². The van der Waals surface area contributed by atoms with Gasteiger partial charge in [-0.05, 0) is 68.6 Å². The highest BCUT2D eigenvalue weighted by atomic mass is 16.5. The van der Waals surface area contributed by atoms with Gasteiger partial charge in [-0.1, -0.05) is 49.4 Å². The molecule has 5 heterocycles. The normalized spacial score (nSPS) is 25.8. The number of pyridine rings is 1. The Hall–Kier alpha value is -7.39. The van der Waals surface area contributed by atoms with Crippen molar-refractivity contribution >= 4 is 52.9 Å². The second-order valence-electron chi connectivity index (χ2n) is 19.6. The Balaban J connectivity index is 1.30. The van der Waals surface area contributed by atoms with Gasteiger partial charge < -0.3 is 55.6 Å². The second kappa shape index (κ2) is 24.6. The van der Waals surface area contributed by atoms with E-state index in [4.69, 9.17) is 4.74 Å². The maximum absolute atomic E-state index is 15.6. The van der Waals surface area contributed by atoms with E-state index in [-0.39, 0.29) is 43.5 Å². The Bertz CT molecular complexity index is 2570. The summed E-state index contributed by atoms with van der Waals surface area (Å²) in [6.45, 7) is 7.70. The van der Waals surface area contributed by atoms with E-state index in [0.717, 1.165) is 31.9 Å². The Morgan fingerprint density at radius 2 is 1.57 bits per heavy atom. The van der Waals surface area contributed by atoms with Gasteiger partial charge in [-0.15, -0.1) is 0 Å². The van der Waals surface area contributed by atoms with Gasteiger partial charge in [0.25, 0.3) is 5.91 Å². The van der Waals surface area contributed by atoms with Gasteiger partial charge in [0.1, 0.15) is 42.1 Å². The number of hydrogen-bond donors (Lipinski definition) is 5. The molecule has 0 bridgehead atoms. The quantitative estimate of drug-likeness (QED) is 0.100. The predicted octanol–water partition coefficient (Wildman–Crippen LogP) is 0.601. The third-order valence-electron chi connectivity index (χ3n) is 14.3. The van der Waals surface area contributed by atoms with Gasteiger partial charge in [0, 0.05) is 103 Å². The average molecular weight is 1020 g/mol. The van der Waals surface area contributed by atoms with Crippen molar-refractivity contribution in [3.63, 3.8) is 0 Å². The van der Waals surface area contributed by atoms with Crippen LogP contribution in [0.2, 0.25) is 0 Å². The van der Waals surface area contributed by atoms with Crippen LogP contribution in [0.1, 0.15) is 67.2 Å².